The Morgan fingerprint density at radius 2 is 1.81 bits per heavy atom. The normalized spacial score (nSPS) is 13.4. The number of hydrogen-bond acceptors (Lipinski definition) is 3. The second-order valence-electron chi connectivity index (χ2n) is 6.91. The van der Waals surface area contributed by atoms with Crippen molar-refractivity contribution in [1.82, 2.24) is 5.32 Å². The van der Waals surface area contributed by atoms with Crippen LogP contribution < -0.4 is 14.9 Å². The quantitative estimate of drug-likeness (QED) is 0.823. The third-order valence-electron chi connectivity index (χ3n) is 4.50. The molecule has 6 nitrogen and oxygen atoms in total. The van der Waals surface area contributed by atoms with Gasteiger partial charge in [0, 0.05) is 24.5 Å². The van der Waals surface area contributed by atoms with Crippen molar-refractivity contribution in [2.75, 3.05) is 22.7 Å². The minimum atomic E-state index is -3.69. The molecule has 0 unspecified atom stereocenters. The maximum atomic E-state index is 12.8. The molecule has 0 aliphatic carbocycles. The molecular formula is C20H25N3O3S. The summed E-state index contributed by atoms with van der Waals surface area (Å²) in [6.45, 7) is 7.03. The van der Waals surface area contributed by atoms with E-state index in [1.54, 1.807) is 35.2 Å². The zero-order chi connectivity index (χ0) is 19.6. The molecule has 0 aromatic heterocycles. The number of anilines is 2. The van der Waals surface area contributed by atoms with E-state index >= 15 is 0 Å². The van der Waals surface area contributed by atoms with Gasteiger partial charge in [-0.15, -0.1) is 0 Å². The van der Waals surface area contributed by atoms with Gasteiger partial charge in [0.15, 0.2) is 0 Å². The number of carbonyl (C=O) groups excluding carboxylic acids is 1. The van der Waals surface area contributed by atoms with Crippen LogP contribution in [0.1, 0.15) is 30.0 Å². The number of carbonyl (C=O) groups is 1. The second-order valence-corrected chi connectivity index (χ2v) is 8.59. The van der Waals surface area contributed by atoms with Gasteiger partial charge in [-0.1, -0.05) is 13.0 Å². The van der Waals surface area contributed by atoms with E-state index < -0.39 is 10.0 Å². The fourth-order valence-electron chi connectivity index (χ4n) is 3.33. The molecule has 7 heteroatoms. The summed E-state index contributed by atoms with van der Waals surface area (Å²) in [6.07, 6.45) is 1.51. The number of nitrogens with one attached hydrogen (secondary N) is 2. The van der Waals surface area contributed by atoms with E-state index in [4.69, 9.17) is 0 Å². The largest absolute Gasteiger partial charge is 0.338 e. The van der Waals surface area contributed by atoms with Crippen molar-refractivity contribution in [3.63, 3.8) is 0 Å². The Hall–Kier alpha value is -2.54. The number of rotatable bonds is 5. The number of hydrogen-bond donors (Lipinski definition) is 2. The molecule has 0 spiro atoms. The standard InChI is InChI=1S/C20H25N3O3S/c1-4-8-21-20(24)23-9-7-16-13-18(5-6-19(16)23)27(25,26)22-17-11-14(2)10-15(3)12-17/h5-6,10-13,22H,4,7-9H2,1-3H3,(H,21,24). The van der Waals surface area contributed by atoms with E-state index in [0.29, 0.717) is 25.2 Å². The molecule has 2 aromatic rings. The van der Waals surface area contributed by atoms with Crippen LogP contribution in [-0.2, 0) is 16.4 Å². The molecule has 144 valence electrons. The first-order valence-electron chi connectivity index (χ1n) is 9.09. The van der Waals surface area contributed by atoms with E-state index in [1.165, 1.54) is 0 Å². The SMILES string of the molecule is CCCNC(=O)N1CCc2cc(S(=O)(=O)Nc3cc(C)cc(C)c3)ccc21. The number of fused-ring (bicyclic) bond motifs is 1. The zero-order valence-corrected chi connectivity index (χ0v) is 16.7. The third-order valence-corrected chi connectivity index (χ3v) is 5.88. The topological polar surface area (TPSA) is 78.5 Å². The lowest BCUT2D eigenvalue weighted by molar-refractivity contribution is 0.247. The average molecular weight is 388 g/mol. The van der Waals surface area contributed by atoms with Gasteiger partial charge in [-0.25, -0.2) is 13.2 Å². The number of aryl methyl sites for hydroxylation is 2. The Kier molecular flexibility index (Phi) is 5.41. The molecule has 0 saturated carbocycles. The van der Waals surface area contributed by atoms with E-state index in [9.17, 15) is 13.2 Å². The molecule has 0 fully saturated rings. The molecule has 2 aromatic carbocycles. The zero-order valence-electron chi connectivity index (χ0n) is 15.9. The maximum absolute atomic E-state index is 12.8. The lowest BCUT2D eigenvalue weighted by Crippen LogP contribution is -2.39. The van der Waals surface area contributed by atoms with Gasteiger partial charge in [-0.3, -0.25) is 9.62 Å². The average Bonchev–Trinajstić information content (AvgIpc) is 3.01. The Morgan fingerprint density at radius 3 is 2.48 bits per heavy atom. The van der Waals surface area contributed by atoms with Crippen LogP contribution in [0.25, 0.3) is 0 Å². The van der Waals surface area contributed by atoms with E-state index in [1.807, 2.05) is 26.8 Å². The van der Waals surface area contributed by atoms with Crippen LogP contribution >= 0.6 is 0 Å². The van der Waals surface area contributed by atoms with Crippen LogP contribution in [0.2, 0.25) is 0 Å². The minimum Gasteiger partial charge on any atom is -0.338 e. The first-order valence-corrected chi connectivity index (χ1v) is 10.6. The second kappa shape index (κ2) is 7.60. The monoisotopic (exact) mass is 387 g/mol. The molecule has 27 heavy (non-hydrogen) atoms. The lowest BCUT2D eigenvalue weighted by Gasteiger charge is -2.18. The van der Waals surface area contributed by atoms with Gasteiger partial charge >= 0.3 is 6.03 Å². The summed E-state index contributed by atoms with van der Waals surface area (Å²) in [6, 6.07) is 10.4. The molecule has 0 radical (unpaired) electrons. The van der Waals surface area contributed by atoms with E-state index in [0.717, 1.165) is 28.8 Å². The highest BCUT2D eigenvalue weighted by Crippen LogP contribution is 2.31. The highest BCUT2D eigenvalue weighted by molar-refractivity contribution is 7.92. The van der Waals surface area contributed by atoms with Crippen molar-refractivity contribution in [1.29, 1.82) is 0 Å². The van der Waals surface area contributed by atoms with Crippen molar-refractivity contribution in [2.45, 2.75) is 38.5 Å². The van der Waals surface area contributed by atoms with Crippen LogP contribution in [0.5, 0.6) is 0 Å². The van der Waals surface area contributed by atoms with Gasteiger partial charge in [0.05, 0.1) is 4.90 Å². The molecule has 1 aliphatic rings. The number of benzene rings is 2. The van der Waals surface area contributed by atoms with Crippen molar-refractivity contribution in [3.05, 3.63) is 53.1 Å². The molecule has 0 bridgehead atoms. The number of nitrogens with zero attached hydrogens (tertiary/aromatic N) is 1. The molecule has 3 rings (SSSR count). The van der Waals surface area contributed by atoms with Crippen molar-refractivity contribution >= 4 is 27.4 Å². The first-order chi connectivity index (χ1) is 12.8. The molecule has 0 saturated heterocycles. The Labute approximate surface area is 160 Å². The first kappa shape index (κ1) is 19.2. The highest BCUT2D eigenvalue weighted by Gasteiger charge is 2.26. The summed E-state index contributed by atoms with van der Waals surface area (Å²) in [5.74, 6) is 0. The summed E-state index contributed by atoms with van der Waals surface area (Å²) >= 11 is 0. The van der Waals surface area contributed by atoms with E-state index in [2.05, 4.69) is 10.0 Å². The van der Waals surface area contributed by atoms with Gasteiger partial charge in [0.25, 0.3) is 10.0 Å². The summed E-state index contributed by atoms with van der Waals surface area (Å²) in [5.41, 5.74) is 4.18. The number of sulfonamides is 1. The minimum absolute atomic E-state index is 0.139. The van der Waals surface area contributed by atoms with Crippen LogP contribution in [0, 0.1) is 13.8 Å². The van der Waals surface area contributed by atoms with Gasteiger partial charge in [-0.2, -0.15) is 0 Å². The van der Waals surface area contributed by atoms with Crippen LogP contribution in [0.3, 0.4) is 0 Å². The number of amides is 2. The fraction of sp³-hybridized carbons (Fsp3) is 0.350. The molecular weight excluding hydrogens is 362 g/mol. The van der Waals surface area contributed by atoms with Crippen LogP contribution in [0.4, 0.5) is 16.2 Å². The Bertz CT molecular complexity index is 950. The van der Waals surface area contributed by atoms with Gasteiger partial charge in [0.1, 0.15) is 0 Å². The van der Waals surface area contributed by atoms with E-state index in [-0.39, 0.29) is 10.9 Å². The van der Waals surface area contributed by atoms with Crippen molar-refractivity contribution in [3.8, 4) is 0 Å². The lowest BCUT2D eigenvalue weighted by atomic mass is 10.1. The summed E-state index contributed by atoms with van der Waals surface area (Å²) in [5, 5.41) is 2.86. The molecule has 0 atom stereocenters. The Morgan fingerprint density at radius 1 is 1.11 bits per heavy atom. The predicted molar refractivity (Wildman–Crippen MR) is 108 cm³/mol. The van der Waals surface area contributed by atoms with Gasteiger partial charge in [0.2, 0.25) is 0 Å². The van der Waals surface area contributed by atoms with Crippen molar-refractivity contribution < 1.29 is 13.2 Å². The molecule has 2 N–H and O–H groups in total. The van der Waals surface area contributed by atoms with Gasteiger partial charge in [-0.05, 0) is 73.7 Å². The highest BCUT2D eigenvalue weighted by atomic mass is 32.2. The van der Waals surface area contributed by atoms with Crippen LogP contribution in [-0.4, -0.2) is 27.5 Å². The summed E-state index contributed by atoms with van der Waals surface area (Å²) in [7, 11) is -3.69. The fourth-order valence-corrected chi connectivity index (χ4v) is 4.42. The summed E-state index contributed by atoms with van der Waals surface area (Å²) in [4.78, 5) is 14.1. The smallest absolute Gasteiger partial charge is 0.321 e. The molecule has 2 amide bonds. The van der Waals surface area contributed by atoms with Gasteiger partial charge < -0.3 is 5.32 Å². The van der Waals surface area contributed by atoms with Crippen molar-refractivity contribution in [2.24, 2.45) is 0 Å². The number of urea groups is 1. The molecule has 1 aliphatic heterocycles. The predicted octanol–water partition coefficient (Wildman–Crippen LogP) is 3.59. The Balaban J connectivity index is 1.83. The van der Waals surface area contributed by atoms with Crippen LogP contribution in [0.15, 0.2) is 41.3 Å². The maximum Gasteiger partial charge on any atom is 0.321 e. The summed E-state index contributed by atoms with van der Waals surface area (Å²) < 4.78 is 28.2. The third kappa shape index (κ3) is 4.24. The molecule has 1 heterocycles.